The molecule has 1 aliphatic rings. The van der Waals surface area contributed by atoms with Gasteiger partial charge >= 0.3 is 0 Å². The number of hydrogen-bond acceptors (Lipinski definition) is 2. The third-order valence-corrected chi connectivity index (χ3v) is 3.15. The summed E-state index contributed by atoms with van der Waals surface area (Å²) >= 11 is 0. The molecule has 0 unspecified atom stereocenters. The second-order valence-corrected chi connectivity index (χ2v) is 4.85. The van der Waals surface area contributed by atoms with Crippen LogP contribution in [0.2, 0.25) is 0 Å². The first-order valence-corrected chi connectivity index (χ1v) is 6.35. The number of rotatable bonds is 6. The van der Waals surface area contributed by atoms with E-state index in [0.29, 0.717) is 6.42 Å². The van der Waals surface area contributed by atoms with E-state index in [0.717, 1.165) is 30.1 Å². The van der Waals surface area contributed by atoms with Gasteiger partial charge in [-0.2, -0.15) is 0 Å². The number of nitrogens with two attached hydrogens (primary N) is 1. The fourth-order valence-corrected chi connectivity index (χ4v) is 1.91. The Balaban J connectivity index is 1.63. The van der Waals surface area contributed by atoms with Gasteiger partial charge in [-0.25, -0.2) is 0 Å². The van der Waals surface area contributed by atoms with Crippen LogP contribution in [0.3, 0.4) is 0 Å². The number of nitrogen functional groups attached to an aromatic ring is 1. The number of hydrogen-bond donors (Lipinski definition) is 2. The predicted molar refractivity (Wildman–Crippen MR) is 69.5 cm³/mol. The van der Waals surface area contributed by atoms with Crippen LogP contribution in [-0.2, 0) is 11.2 Å². The molecule has 1 aliphatic carbocycles. The number of nitrogens with one attached hydrogen (secondary N) is 1. The minimum Gasteiger partial charge on any atom is -0.399 e. The molecule has 0 aromatic heterocycles. The molecule has 1 amide bonds. The summed E-state index contributed by atoms with van der Waals surface area (Å²) in [6.45, 7) is 0.810. The van der Waals surface area contributed by atoms with Crippen molar-refractivity contribution in [1.29, 1.82) is 0 Å². The zero-order valence-electron chi connectivity index (χ0n) is 10.1. The molecule has 0 atom stereocenters. The molecule has 17 heavy (non-hydrogen) atoms. The van der Waals surface area contributed by atoms with Gasteiger partial charge in [-0.15, -0.1) is 0 Å². The van der Waals surface area contributed by atoms with Gasteiger partial charge in [0.25, 0.3) is 0 Å². The first-order valence-electron chi connectivity index (χ1n) is 6.35. The molecule has 0 bridgehead atoms. The lowest BCUT2D eigenvalue weighted by molar-refractivity contribution is -0.120. The lowest BCUT2D eigenvalue weighted by Crippen LogP contribution is -2.26. The average Bonchev–Trinajstić information content (AvgIpc) is 3.12. The minimum absolute atomic E-state index is 0.102. The molecule has 1 saturated carbocycles. The van der Waals surface area contributed by atoms with E-state index in [1.165, 1.54) is 19.3 Å². The van der Waals surface area contributed by atoms with E-state index >= 15 is 0 Å². The molecule has 3 nitrogen and oxygen atoms in total. The highest BCUT2D eigenvalue weighted by atomic mass is 16.1. The molecule has 92 valence electrons. The molecule has 0 radical (unpaired) electrons. The van der Waals surface area contributed by atoms with E-state index in [2.05, 4.69) is 5.32 Å². The molecule has 0 heterocycles. The van der Waals surface area contributed by atoms with Gasteiger partial charge in [0, 0.05) is 12.2 Å². The molecule has 0 saturated heterocycles. The summed E-state index contributed by atoms with van der Waals surface area (Å²) in [5.41, 5.74) is 7.34. The Morgan fingerprint density at radius 1 is 1.29 bits per heavy atom. The molecular formula is C14H20N2O. The van der Waals surface area contributed by atoms with Crippen molar-refractivity contribution in [3.05, 3.63) is 29.8 Å². The Labute approximate surface area is 102 Å². The maximum Gasteiger partial charge on any atom is 0.224 e. The Morgan fingerprint density at radius 2 is 2.00 bits per heavy atom. The van der Waals surface area contributed by atoms with E-state index in [1.807, 2.05) is 24.3 Å². The maximum absolute atomic E-state index is 11.6. The van der Waals surface area contributed by atoms with Crippen molar-refractivity contribution in [3.8, 4) is 0 Å². The van der Waals surface area contributed by atoms with Gasteiger partial charge in [-0.3, -0.25) is 4.79 Å². The monoisotopic (exact) mass is 232 g/mol. The lowest BCUT2D eigenvalue weighted by atomic mass is 10.1. The highest BCUT2D eigenvalue weighted by molar-refractivity contribution is 5.78. The second kappa shape index (κ2) is 5.71. The quantitative estimate of drug-likeness (QED) is 0.583. The minimum atomic E-state index is 0.102. The number of amides is 1. The van der Waals surface area contributed by atoms with E-state index in [9.17, 15) is 4.79 Å². The SMILES string of the molecule is Nc1ccc(CC(=O)NCCCC2CC2)cc1. The van der Waals surface area contributed by atoms with E-state index < -0.39 is 0 Å². The molecule has 2 rings (SSSR count). The van der Waals surface area contributed by atoms with Crippen LogP contribution in [0, 0.1) is 5.92 Å². The summed E-state index contributed by atoms with van der Waals surface area (Å²) in [6.07, 6.45) is 5.60. The average molecular weight is 232 g/mol. The number of carbonyl (C=O) groups is 1. The molecule has 1 aromatic carbocycles. The van der Waals surface area contributed by atoms with E-state index in [-0.39, 0.29) is 5.91 Å². The van der Waals surface area contributed by atoms with Gasteiger partial charge in [0.15, 0.2) is 0 Å². The molecule has 0 spiro atoms. The third kappa shape index (κ3) is 4.47. The molecule has 0 aliphatic heterocycles. The van der Waals surface area contributed by atoms with Gasteiger partial charge in [-0.1, -0.05) is 25.0 Å². The summed E-state index contributed by atoms with van der Waals surface area (Å²) in [5, 5.41) is 2.96. The second-order valence-electron chi connectivity index (χ2n) is 4.85. The number of carbonyl (C=O) groups excluding carboxylic acids is 1. The van der Waals surface area contributed by atoms with Crippen LogP contribution in [0.5, 0.6) is 0 Å². The molecular weight excluding hydrogens is 212 g/mol. The van der Waals surface area contributed by atoms with Crippen LogP contribution in [0.4, 0.5) is 5.69 Å². The Kier molecular flexibility index (Phi) is 4.02. The van der Waals surface area contributed by atoms with Crippen molar-refractivity contribution >= 4 is 11.6 Å². The van der Waals surface area contributed by atoms with Crippen molar-refractivity contribution < 1.29 is 4.79 Å². The topological polar surface area (TPSA) is 55.1 Å². The van der Waals surface area contributed by atoms with Crippen LogP contribution in [0.15, 0.2) is 24.3 Å². The first-order chi connectivity index (χ1) is 8.24. The van der Waals surface area contributed by atoms with Crippen molar-refractivity contribution in [3.63, 3.8) is 0 Å². The van der Waals surface area contributed by atoms with Gasteiger partial charge in [0.1, 0.15) is 0 Å². The number of anilines is 1. The van der Waals surface area contributed by atoms with Gasteiger partial charge in [0.2, 0.25) is 5.91 Å². The molecule has 3 heteroatoms. The van der Waals surface area contributed by atoms with Crippen LogP contribution < -0.4 is 11.1 Å². The summed E-state index contributed by atoms with van der Waals surface area (Å²) in [6, 6.07) is 7.46. The van der Waals surface area contributed by atoms with Gasteiger partial charge in [0.05, 0.1) is 6.42 Å². The summed E-state index contributed by atoms with van der Waals surface area (Å²) in [5.74, 6) is 1.05. The largest absolute Gasteiger partial charge is 0.399 e. The molecule has 1 aromatic rings. The van der Waals surface area contributed by atoms with E-state index in [4.69, 9.17) is 5.73 Å². The third-order valence-electron chi connectivity index (χ3n) is 3.15. The maximum atomic E-state index is 11.6. The van der Waals surface area contributed by atoms with Crippen LogP contribution >= 0.6 is 0 Å². The van der Waals surface area contributed by atoms with E-state index in [1.54, 1.807) is 0 Å². The van der Waals surface area contributed by atoms with Crippen molar-refractivity contribution in [1.82, 2.24) is 5.32 Å². The van der Waals surface area contributed by atoms with Crippen molar-refractivity contribution in [2.45, 2.75) is 32.1 Å². The van der Waals surface area contributed by atoms with Crippen molar-refractivity contribution in [2.24, 2.45) is 5.92 Å². The van der Waals surface area contributed by atoms with Gasteiger partial charge < -0.3 is 11.1 Å². The molecule has 3 N–H and O–H groups in total. The Morgan fingerprint density at radius 3 is 2.65 bits per heavy atom. The summed E-state index contributed by atoms with van der Waals surface area (Å²) < 4.78 is 0. The van der Waals surface area contributed by atoms with Crippen LogP contribution in [-0.4, -0.2) is 12.5 Å². The normalized spacial score (nSPS) is 14.6. The summed E-state index contributed by atoms with van der Waals surface area (Å²) in [4.78, 5) is 11.6. The van der Waals surface area contributed by atoms with Gasteiger partial charge in [-0.05, 0) is 36.5 Å². The highest BCUT2D eigenvalue weighted by Gasteiger charge is 2.20. The fourth-order valence-electron chi connectivity index (χ4n) is 1.91. The Hall–Kier alpha value is -1.51. The van der Waals surface area contributed by atoms with Crippen molar-refractivity contribution in [2.75, 3.05) is 12.3 Å². The smallest absolute Gasteiger partial charge is 0.224 e. The standard InChI is InChI=1S/C14H20N2O/c15-13-7-5-12(6-8-13)10-14(17)16-9-1-2-11-3-4-11/h5-8,11H,1-4,9-10,15H2,(H,16,17). The molecule has 1 fully saturated rings. The zero-order chi connectivity index (χ0) is 12.1. The Bertz CT molecular complexity index is 368. The zero-order valence-corrected chi connectivity index (χ0v) is 10.1. The summed E-state index contributed by atoms with van der Waals surface area (Å²) in [7, 11) is 0. The predicted octanol–water partition coefficient (Wildman–Crippen LogP) is 2.12. The fraction of sp³-hybridized carbons (Fsp3) is 0.500. The van der Waals surface area contributed by atoms with Crippen LogP contribution in [0.25, 0.3) is 0 Å². The van der Waals surface area contributed by atoms with Crippen LogP contribution in [0.1, 0.15) is 31.2 Å². The number of benzene rings is 1. The lowest BCUT2D eigenvalue weighted by Gasteiger charge is -2.05. The first kappa shape index (κ1) is 12.0. The highest BCUT2D eigenvalue weighted by Crippen LogP contribution is 2.33.